The Morgan fingerprint density at radius 2 is 1.73 bits per heavy atom. The van der Waals surface area contributed by atoms with E-state index in [9.17, 15) is 0 Å². The maximum atomic E-state index is 8.61. The van der Waals surface area contributed by atoms with Crippen LogP contribution >= 0.6 is 0 Å². The van der Waals surface area contributed by atoms with Gasteiger partial charge in [-0.3, -0.25) is 0 Å². The molecule has 0 bridgehead atoms. The standard InChI is InChI=1S/C13H20O2/c1-10(13(2,3)4)11-5-7-12(8-6-11)15-9-14/h5-8,10,14H,9H2,1-4H3. The average Bonchev–Trinajstić information content (AvgIpc) is 2.17. The van der Waals surface area contributed by atoms with Gasteiger partial charge in [0, 0.05) is 0 Å². The molecular weight excluding hydrogens is 188 g/mol. The van der Waals surface area contributed by atoms with Gasteiger partial charge in [0.1, 0.15) is 5.75 Å². The number of hydrogen-bond donors (Lipinski definition) is 1. The van der Waals surface area contributed by atoms with Crippen LogP contribution in [0.1, 0.15) is 39.2 Å². The van der Waals surface area contributed by atoms with Crippen LogP contribution in [0.2, 0.25) is 0 Å². The Labute approximate surface area is 91.9 Å². The Morgan fingerprint density at radius 3 is 2.13 bits per heavy atom. The molecule has 1 aromatic rings. The van der Waals surface area contributed by atoms with Crippen molar-refractivity contribution in [3.05, 3.63) is 29.8 Å². The van der Waals surface area contributed by atoms with Crippen LogP contribution in [0.5, 0.6) is 5.75 Å². The number of aliphatic hydroxyl groups excluding tert-OH is 1. The van der Waals surface area contributed by atoms with E-state index in [1.54, 1.807) is 0 Å². The summed E-state index contributed by atoms with van der Waals surface area (Å²) in [5.74, 6) is 1.21. The first-order valence-electron chi connectivity index (χ1n) is 5.29. The van der Waals surface area contributed by atoms with Gasteiger partial charge in [-0.25, -0.2) is 0 Å². The highest BCUT2D eigenvalue weighted by Crippen LogP contribution is 2.34. The van der Waals surface area contributed by atoms with Gasteiger partial charge in [0.25, 0.3) is 0 Å². The lowest BCUT2D eigenvalue weighted by atomic mass is 9.78. The number of rotatable bonds is 3. The van der Waals surface area contributed by atoms with Crippen molar-refractivity contribution in [1.82, 2.24) is 0 Å². The van der Waals surface area contributed by atoms with E-state index in [-0.39, 0.29) is 12.2 Å². The highest BCUT2D eigenvalue weighted by molar-refractivity contribution is 5.29. The summed E-state index contributed by atoms with van der Waals surface area (Å²) in [4.78, 5) is 0. The molecule has 0 saturated carbocycles. The van der Waals surface area contributed by atoms with Gasteiger partial charge in [-0.1, -0.05) is 39.8 Å². The summed E-state index contributed by atoms with van der Waals surface area (Å²) in [6, 6.07) is 7.91. The summed E-state index contributed by atoms with van der Waals surface area (Å²) in [6.07, 6.45) is 0. The second kappa shape index (κ2) is 4.67. The molecule has 15 heavy (non-hydrogen) atoms. The van der Waals surface area contributed by atoms with Gasteiger partial charge in [-0.2, -0.15) is 0 Å². The van der Waals surface area contributed by atoms with Crippen LogP contribution in [0.4, 0.5) is 0 Å². The Balaban J connectivity index is 2.80. The summed E-state index contributed by atoms with van der Waals surface area (Å²) in [5, 5.41) is 8.61. The molecular formula is C13H20O2. The molecule has 0 amide bonds. The first-order chi connectivity index (χ1) is 6.95. The first kappa shape index (κ1) is 12.1. The zero-order valence-electron chi connectivity index (χ0n) is 9.95. The van der Waals surface area contributed by atoms with Crippen molar-refractivity contribution in [2.75, 3.05) is 6.79 Å². The van der Waals surface area contributed by atoms with Gasteiger partial charge >= 0.3 is 0 Å². The molecule has 84 valence electrons. The minimum Gasteiger partial charge on any atom is -0.468 e. The second-order valence-corrected chi connectivity index (χ2v) is 4.93. The lowest BCUT2D eigenvalue weighted by Gasteiger charge is -2.27. The lowest BCUT2D eigenvalue weighted by molar-refractivity contribution is 0.0985. The molecule has 0 radical (unpaired) electrons. The molecule has 1 aromatic carbocycles. The Bertz CT molecular complexity index is 295. The number of ether oxygens (including phenoxy) is 1. The van der Waals surface area contributed by atoms with Crippen LogP contribution in [0.3, 0.4) is 0 Å². The third kappa shape index (κ3) is 3.24. The predicted octanol–water partition coefficient (Wildman–Crippen LogP) is 3.16. The molecule has 0 fully saturated rings. The maximum absolute atomic E-state index is 8.61. The summed E-state index contributed by atoms with van der Waals surface area (Å²) in [6.45, 7) is 8.65. The fourth-order valence-electron chi connectivity index (χ4n) is 1.43. The van der Waals surface area contributed by atoms with Crippen molar-refractivity contribution < 1.29 is 9.84 Å². The van der Waals surface area contributed by atoms with Crippen molar-refractivity contribution in [3.63, 3.8) is 0 Å². The van der Waals surface area contributed by atoms with Gasteiger partial charge in [0.2, 0.25) is 0 Å². The molecule has 0 aliphatic carbocycles. The summed E-state index contributed by atoms with van der Waals surface area (Å²) >= 11 is 0. The van der Waals surface area contributed by atoms with Crippen LogP contribution in [0, 0.1) is 5.41 Å². The van der Waals surface area contributed by atoms with E-state index in [0.29, 0.717) is 11.7 Å². The molecule has 0 aromatic heterocycles. The van der Waals surface area contributed by atoms with E-state index in [1.165, 1.54) is 5.56 Å². The topological polar surface area (TPSA) is 29.5 Å². The first-order valence-corrected chi connectivity index (χ1v) is 5.29. The summed E-state index contributed by atoms with van der Waals surface area (Å²) < 4.78 is 4.98. The third-order valence-electron chi connectivity index (χ3n) is 2.91. The van der Waals surface area contributed by atoms with E-state index < -0.39 is 0 Å². The van der Waals surface area contributed by atoms with Crippen LogP contribution in [-0.4, -0.2) is 11.9 Å². The Morgan fingerprint density at radius 1 is 1.20 bits per heavy atom. The Hall–Kier alpha value is -1.02. The van der Waals surface area contributed by atoms with Crippen LogP contribution in [0.25, 0.3) is 0 Å². The maximum Gasteiger partial charge on any atom is 0.186 e. The van der Waals surface area contributed by atoms with E-state index in [2.05, 4.69) is 39.8 Å². The minimum atomic E-state index is -0.270. The molecule has 1 N–H and O–H groups in total. The normalized spacial score (nSPS) is 13.7. The van der Waals surface area contributed by atoms with Crippen molar-refractivity contribution in [2.24, 2.45) is 5.41 Å². The summed E-state index contributed by atoms with van der Waals surface area (Å²) in [5.41, 5.74) is 1.56. The SMILES string of the molecule is CC(c1ccc(OCO)cc1)C(C)(C)C. The van der Waals surface area contributed by atoms with Gasteiger partial charge < -0.3 is 9.84 Å². The smallest absolute Gasteiger partial charge is 0.186 e. The zero-order chi connectivity index (χ0) is 11.5. The molecule has 2 heteroatoms. The van der Waals surface area contributed by atoms with Gasteiger partial charge in [0.05, 0.1) is 0 Å². The van der Waals surface area contributed by atoms with Crippen molar-refractivity contribution in [3.8, 4) is 5.75 Å². The predicted molar refractivity (Wildman–Crippen MR) is 62.0 cm³/mol. The monoisotopic (exact) mass is 208 g/mol. The molecule has 0 spiro atoms. The molecule has 0 aliphatic heterocycles. The molecule has 2 nitrogen and oxygen atoms in total. The molecule has 0 aliphatic rings. The van der Waals surface area contributed by atoms with Crippen molar-refractivity contribution in [2.45, 2.75) is 33.6 Å². The molecule has 1 atom stereocenters. The van der Waals surface area contributed by atoms with Crippen LogP contribution < -0.4 is 4.74 Å². The van der Waals surface area contributed by atoms with E-state index in [0.717, 1.165) is 0 Å². The highest BCUT2D eigenvalue weighted by Gasteiger charge is 2.21. The number of benzene rings is 1. The fraction of sp³-hybridized carbons (Fsp3) is 0.538. The fourth-order valence-corrected chi connectivity index (χ4v) is 1.43. The second-order valence-electron chi connectivity index (χ2n) is 4.93. The van der Waals surface area contributed by atoms with Gasteiger partial charge in [-0.15, -0.1) is 0 Å². The third-order valence-corrected chi connectivity index (χ3v) is 2.91. The van der Waals surface area contributed by atoms with Gasteiger partial charge in [0.15, 0.2) is 6.79 Å². The molecule has 0 saturated heterocycles. The zero-order valence-corrected chi connectivity index (χ0v) is 9.95. The molecule has 1 unspecified atom stereocenters. The van der Waals surface area contributed by atoms with E-state index in [1.807, 2.05) is 12.1 Å². The van der Waals surface area contributed by atoms with Crippen LogP contribution in [0.15, 0.2) is 24.3 Å². The summed E-state index contributed by atoms with van der Waals surface area (Å²) in [7, 11) is 0. The highest BCUT2D eigenvalue weighted by atomic mass is 16.6. The van der Waals surface area contributed by atoms with E-state index in [4.69, 9.17) is 9.84 Å². The lowest BCUT2D eigenvalue weighted by Crippen LogP contribution is -2.15. The quantitative estimate of drug-likeness (QED) is 0.773. The largest absolute Gasteiger partial charge is 0.468 e. The van der Waals surface area contributed by atoms with E-state index >= 15 is 0 Å². The van der Waals surface area contributed by atoms with Crippen molar-refractivity contribution in [1.29, 1.82) is 0 Å². The number of hydrogen-bond acceptors (Lipinski definition) is 2. The van der Waals surface area contributed by atoms with Crippen LogP contribution in [-0.2, 0) is 0 Å². The minimum absolute atomic E-state index is 0.263. The van der Waals surface area contributed by atoms with Gasteiger partial charge in [-0.05, 0) is 29.0 Å². The molecule has 0 heterocycles. The average molecular weight is 208 g/mol. The van der Waals surface area contributed by atoms with Crippen molar-refractivity contribution >= 4 is 0 Å². The number of aliphatic hydroxyl groups is 1. The Kier molecular flexibility index (Phi) is 3.75. The molecule has 1 rings (SSSR count).